The number of aromatic nitrogens is 3. The zero-order chi connectivity index (χ0) is 17.0. The van der Waals surface area contributed by atoms with Crippen molar-refractivity contribution in [2.45, 2.75) is 12.6 Å². The minimum absolute atomic E-state index is 0.327. The van der Waals surface area contributed by atoms with E-state index in [1.54, 1.807) is 41.0 Å². The second-order valence-electron chi connectivity index (χ2n) is 5.12. The van der Waals surface area contributed by atoms with E-state index >= 15 is 0 Å². The van der Waals surface area contributed by atoms with Crippen LogP contribution < -0.4 is 9.47 Å². The molecule has 0 aliphatic rings. The summed E-state index contributed by atoms with van der Waals surface area (Å²) in [5.41, 5.74) is 0.518. The molecule has 0 saturated carbocycles. The Morgan fingerprint density at radius 2 is 2.13 bits per heavy atom. The molecule has 0 bridgehead atoms. The largest absolute Gasteiger partial charge is 0.497 e. The maximum absolute atomic E-state index is 11.8. The number of rotatable bonds is 7. The molecule has 1 N–H and O–H groups in total. The first kappa shape index (κ1) is 16.8. The number of nitrogens with zero attached hydrogens (tertiary/aromatic N) is 4. The highest BCUT2D eigenvalue weighted by molar-refractivity contribution is 5.77. The molecule has 0 amide bonds. The Morgan fingerprint density at radius 3 is 2.65 bits per heavy atom. The van der Waals surface area contributed by atoms with Crippen molar-refractivity contribution in [2.75, 3.05) is 21.3 Å². The highest BCUT2D eigenvalue weighted by atomic mass is 16.5. The van der Waals surface area contributed by atoms with Gasteiger partial charge in [0.05, 0.1) is 20.8 Å². The fourth-order valence-corrected chi connectivity index (χ4v) is 2.38. The predicted molar refractivity (Wildman–Crippen MR) is 82.4 cm³/mol. The molecule has 1 atom stereocenters. The molecule has 1 aromatic heterocycles. The number of aliphatic carboxylic acids is 1. The van der Waals surface area contributed by atoms with Gasteiger partial charge < -0.3 is 19.1 Å². The van der Waals surface area contributed by atoms with Crippen molar-refractivity contribution in [1.82, 2.24) is 19.7 Å². The first-order valence-corrected chi connectivity index (χ1v) is 6.95. The minimum Gasteiger partial charge on any atom is -0.497 e. The van der Waals surface area contributed by atoms with Crippen LogP contribution in [-0.4, -0.2) is 52.0 Å². The standard InChI is InChI=1S/C15H20N4O4/c1-18(8-13-17-16-9-19(13)2)14(15(20)21)11-7-10(22-3)5-6-12(11)23-4/h5-7,9,14H,8H2,1-4H3,(H,20,21). The van der Waals surface area contributed by atoms with E-state index in [0.29, 0.717) is 29.4 Å². The second kappa shape index (κ2) is 7.10. The summed E-state index contributed by atoms with van der Waals surface area (Å²) in [6, 6.07) is 4.19. The third-order valence-electron chi connectivity index (χ3n) is 3.60. The summed E-state index contributed by atoms with van der Waals surface area (Å²) in [6.45, 7) is 0.327. The van der Waals surface area contributed by atoms with Crippen LogP contribution in [0.3, 0.4) is 0 Å². The third kappa shape index (κ3) is 3.59. The fourth-order valence-electron chi connectivity index (χ4n) is 2.38. The summed E-state index contributed by atoms with van der Waals surface area (Å²) in [5.74, 6) is 0.740. The molecule has 0 aliphatic heterocycles. The molecule has 23 heavy (non-hydrogen) atoms. The van der Waals surface area contributed by atoms with Crippen LogP contribution in [0.1, 0.15) is 17.4 Å². The molecule has 0 fully saturated rings. The highest BCUT2D eigenvalue weighted by Crippen LogP contribution is 2.33. The van der Waals surface area contributed by atoms with Crippen LogP contribution in [0.25, 0.3) is 0 Å². The minimum atomic E-state index is -0.985. The van der Waals surface area contributed by atoms with Crippen LogP contribution in [0.2, 0.25) is 0 Å². The molecule has 0 radical (unpaired) electrons. The van der Waals surface area contributed by atoms with Gasteiger partial charge in [-0.3, -0.25) is 9.69 Å². The van der Waals surface area contributed by atoms with E-state index in [0.717, 1.165) is 0 Å². The molecular weight excluding hydrogens is 300 g/mol. The number of hydrogen-bond acceptors (Lipinski definition) is 6. The molecule has 0 spiro atoms. The molecule has 1 unspecified atom stereocenters. The van der Waals surface area contributed by atoms with Crippen LogP contribution in [0, 0.1) is 0 Å². The van der Waals surface area contributed by atoms with Crippen LogP contribution in [0.15, 0.2) is 24.5 Å². The molecule has 0 saturated heterocycles. The Labute approximate surface area is 134 Å². The molecule has 1 heterocycles. The number of hydrogen-bond donors (Lipinski definition) is 1. The van der Waals surface area contributed by atoms with Crippen LogP contribution in [0.5, 0.6) is 11.5 Å². The maximum Gasteiger partial charge on any atom is 0.325 e. The second-order valence-corrected chi connectivity index (χ2v) is 5.12. The van der Waals surface area contributed by atoms with E-state index in [2.05, 4.69) is 10.2 Å². The molecule has 8 heteroatoms. The Bertz CT molecular complexity index is 686. The molecular formula is C15H20N4O4. The predicted octanol–water partition coefficient (Wildman–Crippen LogP) is 1.09. The SMILES string of the molecule is COc1ccc(OC)c(C(C(=O)O)N(C)Cc2nncn2C)c1. The number of carboxylic acid groups (broad SMARTS) is 1. The molecule has 0 aliphatic carbocycles. The molecule has 2 rings (SSSR count). The lowest BCUT2D eigenvalue weighted by Crippen LogP contribution is -2.31. The van der Waals surface area contributed by atoms with Crippen molar-refractivity contribution >= 4 is 5.97 Å². The van der Waals surface area contributed by atoms with Gasteiger partial charge in [-0.1, -0.05) is 0 Å². The van der Waals surface area contributed by atoms with Gasteiger partial charge >= 0.3 is 5.97 Å². The Morgan fingerprint density at radius 1 is 1.39 bits per heavy atom. The normalized spacial score (nSPS) is 12.2. The third-order valence-corrected chi connectivity index (χ3v) is 3.60. The Kier molecular flexibility index (Phi) is 5.17. The van der Waals surface area contributed by atoms with Gasteiger partial charge in [-0.25, -0.2) is 0 Å². The van der Waals surface area contributed by atoms with Crippen LogP contribution >= 0.6 is 0 Å². The van der Waals surface area contributed by atoms with E-state index < -0.39 is 12.0 Å². The fraction of sp³-hybridized carbons (Fsp3) is 0.400. The van der Waals surface area contributed by atoms with Crippen molar-refractivity contribution in [3.8, 4) is 11.5 Å². The summed E-state index contributed by atoms with van der Waals surface area (Å²) in [4.78, 5) is 13.5. The highest BCUT2D eigenvalue weighted by Gasteiger charge is 2.29. The van der Waals surface area contributed by atoms with Gasteiger partial charge in [0.1, 0.15) is 29.7 Å². The van der Waals surface area contributed by atoms with E-state index in [1.165, 1.54) is 14.2 Å². The van der Waals surface area contributed by atoms with Crippen molar-refractivity contribution in [3.63, 3.8) is 0 Å². The van der Waals surface area contributed by atoms with Crippen molar-refractivity contribution < 1.29 is 19.4 Å². The summed E-state index contributed by atoms with van der Waals surface area (Å²) in [6.07, 6.45) is 1.57. The van der Waals surface area contributed by atoms with Crippen molar-refractivity contribution in [3.05, 3.63) is 35.9 Å². The number of ether oxygens (including phenoxy) is 2. The van der Waals surface area contributed by atoms with E-state index in [4.69, 9.17) is 9.47 Å². The van der Waals surface area contributed by atoms with Gasteiger partial charge in [0.25, 0.3) is 0 Å². The van der Waals surface area contributed by atoms with Gasteiger partial charge in [-0.15, -0.1) is 10.2 Å². The monoisotopic (exact) mass is 320 g/mol. The van der Waals surface area contributed by atoms with E-state index in [9.17, 15) is 9.90 Å². The van der Waals surface area contributed by atoms with Crippen molar-refractivity contribution in [1.29, 1.82) is 0 Å². The number of likely N-dealkylation sites (N-methyl/N-ethyl adjacent to an activating group) is 1. The Balaban J connectivity index is 2.38. The number of aryl methyl sites for hydroxylation is 1. The topological polar surface area (TPSA) is 89.7 Å². The summed E-state index contributed by atoms with van der Waals surface area (Å²) < 4.78 is 12.3. The zero-order valence-corrected chi connectivity index (χ0v) is 13.6. The molecule has 124 valence electrons. The van der Waals surface area contributed by atoms with Crippen LogP contribution in [-0.2, 0) is 18.4 Å². The van der Waals surface area contributed by atoms with E-state index in [1.807, 2.05) is 7.05 Å². The lowest BCUT2D eigenvalue weighted by atomic mass is 10.0. The number of benzene rings is 1. The summed E-state index contributed by atoms with van der Waals surface area (Å²) in [7, 11) is 6.56. The maximum atomic E-state index is 11.8. The summed E-state index contributed by atoms with van der Waals surface area (Å²) >= 11 is 0. The lowest BCUT2D eigenvalue weighted by Gasteiger charge is -2.26. The quantitative estimate of drug-likeness (QED) is 0.816. The Hall–Kier alpha value is -2.61. The average Bonchev–Trinajstić information content (AvgIpc) is 2.92. The van der Waals surface area contributed by atoms with E-state index in [-0.39, 0.29) is 0 Å². The first-order valence-electron chi connectivity index (χ1n) is 6.95. The number of methoxy groups -OCH3 is 2. The zero-order valence-electron chi connectivity index (χ0n) is 13.6. The molecule has 2 aromatic rings. The van der Waals surface area contributed by atoms with Crippen LogP contribution in [0.4, 0.5) is 0 Å². The average molecular weight is 320 g/mol. The molecule has 1 aromatic carbocycles. The van der Waals surface area contributed by atoms with Gasteiger partial charge in [-0.05, 0) is 25.2 Å². The first-order chi connectivity index (χ1) is 11.0. The number of carboxylic acids is 1. The molecule has 8 nitrogen and oxygen atoms in total. The summed E-state index contributed by atoms with van der Waals surface area (Å²) in [5, 5.41) is 17.5. The van der Waals surface area contributed by atoms with Gasteiger partial charge in [0.15, 0.2) is 0 Å². The van der Waals surface area contributed by atoms with Gasteiger partial charge in [0, 0.05) is 12.6 Å². The smallest absolute Gasteiger partial charge is 0.325 e. The van der Waals surface area contributed by atoms with Gasteiger partial charge in [-0.2, -0.15) is 0 Å². The number of carbonyl (C=O) groups is 1. The van der Waals surface area contributed by atoms with Gasteiger partial charge in [0.2, 0.25) is 0 Å². The lowest BCUT2D eigenvalue weighted by molar-refractivity contribution is -0.143. The van der Waals surface area contributed by atoms with Crippen molar-refractivity contribution in [2.24, 2.45) is 7.05 Å².